The Kier molecular flexibility index (Phi) is 4.04. The van der Waals surface area contributed by atoms with Gasteiger partial charge in [0.25, 0.3) is 11.8 Å². The lowest BCUT2D eigenvalue weighted by atomic mass is 10.1. The third kappa shape index (κ3) is 2.89. The quantitative estimate of drug-likeness (QED) is 0.397. The summed E-state index contributed by atoms with van der Waals surface area (Å²) in [7, 11) is 0. The molecule has 1 aromatic heterocycles. The predicted octanol–water partition coefficient (Wildman–Crippen LogP) is 3.18. The van der Waals surface area contributed by atoms with Gasteiger partial charge in [0.2, 0.25) is 6.20 Å². The topological polar surface area (TPSA) is 85.5 Å². The number of carbonyl (C=O) groups excluding carboxylic acids is 2. The molecule has 4 rings (SSSR count). The molecule has 0 fully saturated rings. The first kappa shape index (κ1) is 16.7. The van der Waals surface area contributed by atoms with Gasteiger partial charge in [-0.3, -0.25) is 24.6 Å². The van der Waals surface area contributed by atoms with E-state index in [0.717, 1.165) is 17.1 Å². The van der Waals surface area contributed by atoms with Crippen molar-refractivity contribution < 1.29 is 14.5 Å². The van der Waals surface area contributed by atoms with E-state index in [4.69, 9.17) is 0 Å². The van der Waals surface area contributed by atoms with Gasteiger partial charge in [0.15, 0.2) is 0 Å². The fourth-order valence-corrected chi connectivity index (χ4v) is 3.38. The molecule has 0 bridgehead atoms. The second-order valence-electron chi connectivity index (χ2n) is 6.20. The van der Waals surface area contributed by atoms with Gasteiger partial charge < -0.3 is 4.57 Å². The van der Waals surface area contributed by atoms with Crippen molar-refractivity contribution in [1.29, 1.82) is 0 Å². The van der Waals surface area contributed by atoms with Crippen LogP contribution >= 0.6 is 0 Å². The first-order valence-corrected chi connectivity index (χ1v) is 8.41. The highest BCUT2D eigenvalue weighted by Crippen LogP contribution is 2.25. The van der Waals surface area contributed by atoms with E-state index in [2.05, 4.69) is 0 Å². The highest BCUT2D eigenvalue weighted by atomic mass is 16.6. The summed E-state index contributed by atoms with van der Waals surface area (Å²) in [4.78, 5) is 36.3. The van der Waals surface area contributed by atoms with Gasteiger partial charge >= 0.3 is 0 Å². The number of nitrogens with zero attached hydrogens (tertiary/aromatic N) is 3. The normalized spacial score (nSPS) is 13.7. The Bertz CT molecular complexity index is 1080. The summed E-state index contributed by atoms with van der Waals surface area (Å²) in [6.45, 7) is 0.627. The van der Waals surface area contributed by atoms with Crippen LogP contribution in [0.15, 0.2) is 60.9 Å². The van der Waals surface area contributed by atoms with Crippen molar-refractivity contribution in [2.75, 3.05) is 6.54 Å². The van der Waals surface area contributed by atoms with Crippen LogP contribution in [0.1, 0.15) is 26.3 Å². The minimum atomic E-state index is -0.509. The largest absolute Gasteiger partial charge is 0.345 e. The molecule has 0 radical (unpaired) electrons. The number of benzene rings is 2. The summed E-state index contributed by atoms with van der Waals surface area (Å²) >= 11 is 0. The number of hydrogen-bond acceptors (Lipinski definition) is 4. The third-order valence-electron chi connectivity index (χ3n) is 4.64. The molecule has 0 atom stereocenters. The SMILES string of the molecule is O=C1c2ccccc2C(=O)N1CCn1cc(/C=C/[N+](=O)[O-])c2ccccc21. The van der Waals surface area contributed by atoms with E-state index < -0.39 is 4.92 Å². The van der Waals surface area contributed by atoms with Crippen LogP contribution in [0.3, 0.4) is 0 Å². The number of hydrogen-bond donors (Lipinski definition) is 0. The molecule has 3 aromatic rings. The molecule has 2 heterocycles. The van der Waals surface area contributed by atoms with Crippen LogP contribution in [0.25, 0.3) is 17.0 Å². The Hall–Kier alpha value is -3.74. The maximum atomic E-state index is 12.5. The van der Waals surface area contributed by atoms with E-state index in [-0.39, 0.29) is 18.4 Å². The zero-order valence-corrected chi connectivity index (χ0v) is 14.2. The molecule has 0 unspecified atom stereocenters. The second-order valence-corrected chi connectivity index (χ2v) is 6.20. The van der Waals surface area contributed by atoms with E-state index >= 15 is 0 Å². The molecular weight excluding hydrogens is 346 g/mol. The Morgan fingerprint density at radius 2 is 1.56 bits per heavy atom. The van der Waals surface area contributed by atoms with Gasteiger partial charge in [-0.25, -0.2) is 0 Å². The number of imide groups is 1. The molecule has 1 aliphatic rings. The van der Waals surface area contributed by atoms with Crippen molar-refractivity contribution in [3.63, 3.8) is 0 Å². The number of para-hydroxylation sites is 1. The fraction of sp³-hybridized carbons (Fsp3) is 0.100. The van der Waals surface area contributed by atoms with E-state index in [1.807, 2.05) is 28.8 Å². The van der Waals surface area contributed by atoms with Crippen LogP contribution in [-0.2, 0) is 6.54 Å². The number of nitro groups is 1. The fourth-order valence-electron chi connectivity index (χ4n) is 3.38. The molecular formula is C20H15N3O4. The Balaban J connectivity index is 1.61. The number of aromatic nitrogens is 1. The van der Waals surface area contributed by atoms with Crippen molar-refractivity contribution in [3.8, 4) is 0 Å². The van der Waals surface area contributed by atoms with Crippen molar-refractivity contribution in [2.45, 2.75) is 6.54 Å². The first-order chi connectivity index (χ1) is 13.1. The van der Waals surface area contributed by atoms with Gasteiger partial charge in [-0.1, -0.05) is 30.3 Å². The molecule has 7 nitrogen and oxygen atoms in total. The van der Waals surface area contributed by atoms with Crippen LogP contribution in [-0.4, -0.2) is 32.7 Å². The van der Waals surface area contributed by atoms with Gasteiger partial charge in [0.1, 0.15) is 0 Å². The minimum absolute atomic E-state index is 0.226. The van der Waals surface area contributed by atoms with E-state index in [1.54, 1.807) is 30.5 Å². The number of amides is 2. The molecule has 0 saturated carbocycles. The molecule has 1 aliphatic heterocycles. The lowest BCUT2D eigenvalue weighted by molar-refractivity contribution is -0.400. The maximum Gasteiger partial charge on any atom is 0.261 e. The monoisotopic (exact) mass is 361 g/mol. The van der Waals surface area contributed by atoms with Gasteiger partial charge in [0.05, 0.1) is 16.1 Å². The first-order valence-electron chi connectivity index (χ1n) is 8.41. The summed E-state index contributed by atoms with van der Waals surface area (Å²) in [5, 5.41) is 11.5. The second kappa shape index (κ2) is 6.53. The molecule has 134 valence electrons. The lowest BCUT2D eigenvalue weighted by Gasteiger charge is -2.14. The molecule has 0 saturated heterocycles. The summed E-state index contributed by atoms with van der Waals surface area (Å²) in [6, 6.07) is 14.3. The molecule has 0 N–H and O–H groups in total. The van der Waals surface area contributed by atoms with Gasteiger partial charge in [-0.2, -0.15) is 0 Å². The Morgan fingerprint density at radius 1 is 0.926 bits per heavy atom. The predicted molar refractivity (Wildman–Crippen MR) is 99.8 cm³/mol. The highest BCUT2D eigenvalue weighted by Gasteiger charge is 2.34. The van der Waals surface area contributed by atoms with Crippen LogP contribution < -0.4 is 0 Å². The zero-order valence-electron chi connectivity index (χ0n) is 14.2. The van der Waals surface area contributed by atoms with Crippen molar-refractivity contribution >= 4 is 28.8 Å². The molecule has 7 heteroatoms. The lowest BCUT2D eigenvalue weighted by Crippen LogP contribution is -2.32. The molecule has 27 heavy (non-hydrogen) atoms. The molecule has 2 amide bonds. The summed E-state index contributed by atoms with van der Waals surface area (Å²) in [5.74, 6) is -0.582. The van der Waals surface area contributed by atoms with Gasteiger partial charge in [-0.05, 0) is 18.2 Å². The van der Waals surface area contributed by atoms with Gasteiger partial charge in [0, 0.05) is 41.8 Å². The Morgan fingerprint density at radius 3 is 2.22 bits per heavy atom. The van der Waals surface area contributed by atoms with Gasteiger partial charge in [-0.15, -0.1) is 0 Å². The molecule has 2 aromatic carbocycles. The number of carbonyl (C=O) groups is 2. The Labute approximate surface area is 154 Å². The standard InChI is InChI=1S/C20H15N3O4/c24-19-16-6-1-2-7-17(16)20(25)22(19)12-11-21-13-14(9-10-23(26)27)15-5-3-4-8-18(15)21/h1-10,13H,11-12H2/b10-9+. The third-order valence-corrected chi connectivity index (χ3v) is 4.64. The highest BCUT2D eigenvalue weighted by molar-refractivity contribution is 6.21. The average molecular weight is 361 g/mol. The molecule has 0 spiro atoms. The minimum Gasteiger partial charge on any atom is -0.345 e. The van der Waals surface area contributed by atoms with Crippen LogP contribution in [0, 0.1) is 10.1 Å². The summed E-state index contributed by atoms with van der Waals surface area (Å²) in [5.41, 5.74) is 2.45. The van der Waals surface area contributed by atoms with Crippen LogP contribution in [0.5, 0.6) is 0 Å². The van der Waals surface area contributed by atoms with E-state index in [0.29, 0.717) is 23.2 Å². The maximum absolute atomic E-state index is 12.5. The summed E-state index contributed by atoms with van der Waals surface area (Å²) in [6.07, 6.45) is 4.14. The number of rotatable bonds is 5. The molecule has 0 aliphatic carbocycles. The smallest absolute Gasteiger partial charge is 0.261 e. The van der Waals surface area contributed by atoms with Crippen LogP contribution in [0.2, 0.25) is 0 Å². The van der Waals surface area contributed by atoms with Crippen molar-refractivity contribution in [1.82, 2.24) is 9.47 Å². The van der Waals surface area contributed by atoms with Crippen molar-refractivity contribution in [2.24, 2.45) is 0 Å². The van der Waals surface area contributed by atoms with E-state index in [9.17, 15) is 19.7 Å². The van der Waals surface area contributed by atoms with Crippen molar-refractivity contribution in [3.05, 3.63) is 87.7 Å². The zero-order chi connectivity index (χ0) is 19.0. The average Bonchev–Trinajstić information content (AvgIpc) is 3.15. The number of fused-ring (bicyclic) bond motifs is 2. The van der Waals surface area contributed by atoms with Crippen LogP contribution in [0.4, 0.5) is 0 Å². The summed E-state index contributed by atoms with van der Waals surface area (Å²) < 4.78 is 1.90. The van der Waals surface area contributed by atoms with E-state index in [1.165, 1.54) is 11.0 Å².